The number of amides is 3. The molecule has 0 radical (unpaired) electrons. The fourth-order valence-electron chi connectivity index (χ4n) is 3.26. The zero-order valence-corrected chi connectivity index (χ0v) is 14.7. The Balaban J connectivity index is 1.65. The number of ketones is 1. The monoisotopic (exact) mass is 406 g/mol. The molecule has 0 saturated carbocycles. The van der Waals surface area contributed by atoms with Crippen LogP contribution in [0.25, 0.3) is 0 Å². The highest BCUT2D eigenvalue weighted by atomic mass is 19.4. The van der Waals surface area contributed by atoms with E-state index in [-0.39, 0.29) is 17.3 Å². The fraction of sp³-hybridized carbons (Fsp3) is 0.211. The van der Waals surface area contributed by atoms with E-state index in [4.69, 9.17) is 9.47 Å². The average Bonchev–Trinajstić information content (AvgIpc) is 3.26. The lowest BCUT2D eigenvalue weighted by molar-refractivity contribution is -0.198. The Kier molecular flexibility index (Phi) is 4.21. The molecule has 0 aliphatic carbocycles. The summed E-state index contributed by atoms with van der Waals surface area (Å²) >= 11 is 0. The highest BCUT2D eigenvalue weighted by Crippen LogP contribution is 2.43. The van der Waals surface area contributed by atoms with E-state index in [9.17, 15) is 27.6 Å². The topological polar surface area (TPSA) is 84.9 Å². The van der Waals surface area contributed by atoms with Crippen LogP contribution in [0.2, 0.25) is 0 Å². The van der Waals surface area contributed by atoms with E-state index in [1.165, 1.54) is 36.4 Å². The number of hydrogen-bond donors (Lipinski definition) is 1. The van der Waals surface area contributed by atoms with Gasteiger partial charge in [-0.05, 0) is 23.8 Å². The Bertz CT molecular complexity index is 1010. The molecule has 29 heavy (non-hydrogen) atoms. The number of rotatable bonds is 4. The number of alkyl halides is 3. The van der Waals surface area contributed by atoms with E-state index in [0.717, 1.165) is 12.1 Å². The highest BCUT2D eigenvalue weighted by Gasteiger charge is 2.68. The Hall–Kier alpha value is -3.56. The van der Waals surface area contributed by atoms with Crippen molar-refractivity contribution in [3.8, 4) is 11.5 Å². The molecule has 1 N–H and O–H groups in total. The van der Waals surface area contributed by atoms with E-state index in [1.807, 2.05) is 0 Å². The first-order valence-corrected chi connectivity index (χ1v) is 8.43. The van der Waals surface area contributed by atoms with Crippen LogP contribution in [0.4, 0.5) is 18.0 Å². The standard InChI is InChI=1S/C19H13F3N2O5/c20-19(21,22)18(12-4-2-1-3-5-12)16(26)24(17(27)23-18)9-13(25)11-6-7-14-15(8-11)29-10-28-14/h1-8H,9-10H2,(H,23,27). The normalized spacial score (nSPS) is 20.7. The van der Waals surface area contributed by atoms with Gasteiger partial charge in [0.05, 0.1) is 6.54 Å². The second-order valence-corrected chi connectivity index (χ2v) is 6.43. The Morgan fingerprint density at radius 3 is 2.45 bits per heavy atom. The van der Waals surface area contributed by atoms with Crippen LogP contribution in [0.3, 0.4) is 0 Å². The van der Waals surface area contributed by atoms with Gasteiger partial charge in [-0.1, -0.05) is 30.3 Å². The maximum absolute atomic E-state index is 13.9. The summed E-state index contributed by atoms with van der Waals surface area (Å²) in [6.45, 7) is -0.875. The number of ether oxygens (including phenoxy) is 2. The van der Waals surface area contributed by atoms with Crippen molar-refractivity contribution in [2.24, 2.45) is 0 Å². The molecular formula is C19H13F3N2O5. The van der Waals surface area contributed by atoms with Crippen molar-refractivity contribution in [2.75, 3.05) is 13.3 Å². The van der Waals surface area contributed by atoms with Crippen LogP contribution in [0.5, 0.6) is 11.5 Å². The number of benzene rings is 2. The lowest BCUT2D eigenvalue weighted by atomic mass is 9.89. The van der Waals surface area contributed by atoms with Crippen LogP contribution in [-0.4, -0.2) is 42.1 Å². The summed E-state index contributed by atoms with van der Waals surface area (Å²) in [5.41, 5.74) is -3.62. The summed E-state index contributed by atoms with van der Waals surface area (Å²) in [7, 11) is 0. The zero-order valence-electron chi connectivity index (χ0n) is 14.7. The molecular weight excluding hydrogens is 393 g/mol. The molecule has 1 unspecified atom stereocenters. The Labute approximate surface area is 162 Å². The molecule has 7 nitrogen and oxygen atoms in total. The predicted molar refractivity (Wildman–Crippen MR) is 91.3 cm³/mol. The SMILES string of the molecule is O=C(CN1C(=O)NC(c2ccccc2)(C(F)(F)F)C1=O)c1ccc2c(c1)OCO2. The predicted octanol–water partition coefficient (Wildman–Crippen LogP) is 2.61. The summed E-state index contributed by atoms with van der Waals surface area (Å²) < 4.78 is 52.1. The maximum atomic E-state index is 13.9. The van der Waals surface area contributed by atoms with E-state index < -0.39 is 41.5 Å². The first kappa shape index (κ1) is 18.8. The largest absolute Gasteiger partial charge is 0.454 e. The van der Waals surface area contributed by atoms with E-state index in [1.54, 1.807) is 5.32 Å². The van der Waals surface area contributed by atoms with Crippen molar-refractivity contribution in [3.05, 3.63) is 59.7 Å². The summed E-state index contributed by atoms with van der Waals surface area (Å²) in [6.07, 6.45) is -5.11. The van der Waals surface area contributed by atoms with Gasteiger partial charge in [0.1, 0.15) is 0 Å². The van der Waals surface area contributed by atoms with Crippen LogP contribution in [0.15, 0.2) is 48.5 Å². The molecule has 1 atom stereocenters. The fourth-order valence-corrected chi connectivity index (χ4v) is 3.26. The molecule has 2 aliphatic heterocycles. The van der Waals surface area contributed by atoms with Crippen molar-refractivity contribution in [1.29, 1.82) is 0 Å². The van der Waals surface area contributed by atoms with Gasteiger partial charge in [0, 0.05) is 5.56 Å². The highest BCUT2D eigenvalue weighted by molar-refractivity contribution is 6.12. The molecule has 0 aromatic heterocycles. The molecule has 1 saturated heterocycles. The molecule has 2 heterocycles. The van der Waals surface area contributed by atoms with Crippen LogP contribution >= 0.6 is 0 Å². The van der Waals surface area contributed by atoms with Gasteiger partial charge >= 0.3 is 12.2 Å². The van der Waals surface area contributed by atoms with Gasteiger partial charge in [0.2, 0.25) is 12.3 Å². The third-order valence-electron chi connectivity index (χ3n) is 4.73. The second kappa shape index (κ2) is 6.50. The minimum absolute atomic E-state index is 0.0226. The van der Waals surface area contributed by atoms with Gasteiger partial charge in [-0.25, -0.2) is 4.79 Å². The first-order chi connectivity index (χ1) is 13.7. The Morgan fingerprint density at radius 2 is 1.76 bits per heavy atom. The number of nitrogens with zero attached hydrogens (tertiary/aromatic N) is 1. The Morgan fingerprint density at radius 1 is 1.07 bits per heavy atom. The molecule has 2 aromatic rings. The third-order valence-corrected chi connectivity index (χ3v) is 4.73. The van der Waals surface area contributed by atoms with Gasteiger partial charge in [-0.15, -0.1) is 0 Å². The second-order valence-electron chi connectivity index (χ2n) is 6.43. The van der Waals surface area contributed by atoms with Crippen LogP contribution in [0.1, 0.15) is 15.9 Å². The van der Waals surface area contributed by atoms with E-state index in [2.05, 4.69) is 0 Å². The molecule has 4 rings (SSSR count). The smallest absolute Gasteiger partial charge is 0.425 e. The lowest BCUT2D eigenvalue weighted by Crippen LogP contribution is -2.55. The van der Waals surface area contributed by atoms with Crippen molar-refractivity contribution >= 4 is 17.7 Å². The summed E-state index contributed by atoms with van der Waals surface area (Å²) in [4.78, 5) is 37.8. The number of imide groups is 1. The number of nitrogens with one attached hydrogen (secondary N) is 1. The number of fused-ring (bicyclic) bond motifs is 1. The lowest BCUT2D eigenvalue weighted by Gasteiger charge is -2.29. The van der Waals surface area contributed by atoms with Crippen molar-refractivity contribution in [2.45, 2.75) is 11.7 Å². The molecule has 1 fully saturated rings. The van der Waals surface area contributed by atoms with Gasteiger partial charge in [-0.2, -0.15) is 13.2 Å². The minimum Gasteiger partial charge on any atom is -0.454 e. The molecule has 3 amide bonds. The molecule has 10 heteroatoms. The summed E-state index contributed by atoms with van der Waals surface area (Å²) in [5.74, 6) is -1.58. The van der Waals surface area contributed by atoms with Crippen LogP contribution in [-0.2, 0) is 10.3 Å². The van der Waals surface area contributed by atoms with Gasteiger partial charge in [0.15, 0.2) is 17.3 Å². The first-order valence-electron chi connectivity index (χ1n) is 8.43. The number of Topliss-reactive ketones (excluding diaryl/α,β-unsaturated/α-hetero) is 1. The molecule has 0 spiro atoms. The summed E-state index contributed by atoms with van der Waals surface area (Å²) in [5, 5.41) is 1.74. The minimum atomic E-state index is -5.11. The van der Waals surface area contributed by atoms with E-state index in [0.29, 0.717) is 11.5 Å². The van der Waals surface area contributed by atoms with Crippen molar-refractivity contribution in [3.63, 3.8) is 0 Å². The van der Waals surface area contributed by atoms with Crippen LogP contribution in [0, 0.1) is 0 Å². The summed E-state index contributed by atoms with van der Waals surface area (Å²) in [6, 6.07) is 9.20. The quantitative estimate of drug-likeness (QED) is 0.623. The van der Waals surface area contributed by atoms with Crippen LogP contribution < -0.4 is 14.8 Å². The van der Waals surface area contributed by atoms with Gasteiger partial charge < -0.3 is 14.8 Å². The van der Waals surface area contributed by atoms with Crippen molar-refractivity contribution in [1.82, 2.24) is 10.2 Å². The third kappa shape index (κ3) is 2.87. The molecule has 0 bridgehead atoms. The van der Waals surface area contributed by atoms with Gasteiger partial charge in [0.25, 0.3) is 5.91 Å². The number of halogens is 3. The molecule has 150 valence electrons. The molecule has 2 aliphatic rings. The number of carbonyl (C=O) groups excluding carboxylic acids is 3. The van der Waals surface area contributed by atoms with E-state index >= 15 is 0 Å². The average molecular weight is 406 g/mol. The van der Waals surface area contributed by atoms with Gasteiger partial charge in [-0.3, -0.25) is 14.5 Å². The number of carbonyl (C=O) groups is 3. The molecule has 2 aromatic carbocycles. The zero-order chi connectivity index (χ0) is 20.8. The van der Waals surface area contributed by atoms with Crippen molar-refractivity contribution < 1.29 is 37.0 Å². The number of urea groups is 1. The maximum Gasteiger partial charge on any atom is 0.425 e. The number of hydrogen-bond acceptors (Lipinski definition) is 5.